The summed E-state index contributed by atoms with van der Waals surface area (Å²) in [4.78, 5) is 0. The second-order valence-corrected chi connectivity index (χ2v) is 3.41. The molecule has 0 bridgehead atoms. The van der Waals surface area contributed by atoms with Gasteiger partial charge in [-0.25, -0.2) is 0 Å². The van der Waals surface area contributed by atoms with Crippen LogP contribution in [0.4, 0.5) is 0 Å². The molecule has 0 aromatic rings. The summed E-state index contributed by atoms with van der Waals surface area (Å²) in [7, 11) is 0. The van der Waals surface area contributed by atoms with Crippen LogP contribution < -0.4 is 0 Å². The minimum atomic E-state index is 0.841. The van der Waals surface area contributed by atoms with Gasteiger partial charge in [0, 0.05) is 0 Å². The highest BCUT2D eigenvalue weighted by atomic mass is 14.2. The van der Waals surface area contributed by atoms with E-state index in [0.717, 1.165) is 11.8 Å². The lowest BCUT2D eigenvalue weighted by Crippen LogP contribution is -2.12. The summed E-state index contributed by atoms with van der Waals surface area (Å²) in [6.45, 7) is 8.63. The molecule has 72 valence electrons. The Morgan fingerprint density at radius 1 is 1.33 bits per heavy atom. The normalized spacial score (nSPS) is 27.7. The summed E-state index contributed by atoms with van der Waals surface area (Å²) in [5.74, 6) is 1.82. The molecule has 0 N–H and O–H groups in total. The summed E-state index contributed by atoms with van der Waals surface area (Å²) < 4.78 is 0. The maximum atomic E-state index is 2.38. The van der Waals surface area contributed by atoms with E-state index in [-0.39, 0.29) is 0 Å². The zero-order chi connectivity index (χ0) is 9.40. The topological polar surface area (TPSA) is 0 Å². The fraction of sp³-hybridized carbons (Fsp3) is 0.833. The molecule has 0 fully saturated rings. The molecule has 0 saturated carbocycles. The van der Waals surface area contributed by atoms with Crippen LogP contribution in [0.2, 0.25) is 0 Å². The lowest BCUT2D eigenvalue weighted by molar-refractivity contribution is 0.351. The molecule has 0 heterocycles. The summed E-state index contributed by atoms with van der Waals surface area (Å²) >= 11 is 0. The number of rotatable bonds is 2. The molecule has 2 unspecified atom stereocenters. The quantitative estimate of drug-likeness (QED) is 0.536. The molecule has 0 heteroatoms. The van der Waals surface area contributed by atoms with E-state index in [9.17, 15) is 0 Å². The molecule has 1 aliphatic carbocycles. The van der Waals surface area contributed by atoms with Crippen molar-refractivity contribution >= 4 is 0 Å². The van der Waals surface area contributed by atoms with Gasteiger partial charge in [-0.1, -0.05) is 52.7 Å². The minimum absolute atomic E-state index is 0.841. The van der Waals surface area contributed by atoms with Crippen LogP contribution in [0.5, 0.6) is 0 Å². The van der Waals surface area contributed by atoms with Crippen molar-refractivity contribution in [2.75, 3.05) is 0 Å². The minimum Gasteiger partial charge on any atom is -0.0882 e. The van der Waals surface area contributed by atoms with E-state index in [4.69, 9.17) is 0 Å². The van der Waals surface area contributed by atoms with Gasteiger partial charge in [0.1, 0.15) is 0 Å². The molecule has 0 nitrogen and oxygen atoms in total. The Labute approximate surface area is 78.1 Å². The maximum absolute atomic E-state index is 2.38. The van der Waals surface area contributed by atoms with Crippen molar-refractivity contribution < 1.29 is 0 Å². The van der Waals surface area contributed by atoms with Crippen molar-refractivity contribution in [3.8, 4) is 0 Å². The lowest BCUT2D eigenvalue weighted by atomic mass is 9.82. The van der Waals surface area contributed by atoms with Crippen molar-refractivity contribution in [2.45, 2.75) is 53.4 Å². The summed E-state index contributed by atoms with van der Waals surface area (Å²) in [6, 6.07) is 0. The van der Waals surface area contributed by atoms with Gasteiger partial charge in [0.05, 0.1) is 0 Å². The standard InChI is InChI=1S/C10H18.C2H6/c1-3-6-10-8-5-4-7-9(10)2;1-2/h4,7,9-10H,3,5-6,8H2,1-2H3;1-2H3. The molecular formula is C12H24. The smallest absolute Gasteiger partial charge is 0.0233 e. The van der Waals surface area contributed by atoms with Crippen LogP contribution in [0, 0.1) is 11.8 Å². The van der Waals surface area contributed by atoms with Gasteiger partial charge in [0.15, 0.2) is 0 Å². The van der Waals surface area contributed by atoms with E-state index >= 15 is 0 Å². The van der Waals surface area contributed by atoms with Crippen molar-refractivity contribution in [3.63, 3.8) is 0 Å². The third kappa shape index (κ3) is 3.94. The Morgan fingerprint density at radius 3 is 2.50 bits per heavy atom. The van der Waals surface area contributed by atoms with Crippen LogP contribution in [0.3, 0.4) is 0 Å². The molecule has 2 atom stereocenters. The first-order chi connectivity index (χ1) is 5.84. The van der Waals surface area contributed by atoms with Gasteiger partial charge in [-0.05, 0) is 24.7 Å². The molecule has 0 aromatic carbocycles. The predicted molar refractivity (Wildman–Crippen MR) is 57.3 cm³/mol. The van der Waals surface area contributed by atoms with E-state index in [2.05, 4.69) is 26.0 Å². The fourth-order valence-corrected chi connectivity index (χ4v) is 1.82. The Morgan fingerprint density at radius 2 is 2.00 bits per heavy atom. The molecule has 12 heavy (non-hydrogen) atoms. The lowest BCUT2D eigenvalue weighted by Gasteiger charge is -2.23. The average molecular weight is 168 g/mol. The number of allylic oxidation sites excluding steroid dienone is 2. The largest absolute Gasteiger partial charge is 0.0882 e. The first-order valence-corrected chi connectivity index (χ1v) is 5.51. The number of hydrogen-bond acceptors (Lipinski definition) is 0. The highest BCUT2D eigenvalue weighted by Gasteiger charge is 2.15. The van der Waals surface area contributed by atoms with Crippen molar-refractivity contribution in [1.29, 1.82) is 0 Å². The molecule has 0 amide bonds. The van der Waals surface area contributed by atoms with Crippen LogP contribution in [-0.4, -0.2) is 0 Å². The van der Waals surface area contributed by atoms with Gasteiger partial charge in [0.2, 0.25) is 0 Å². The third-order valence-electron chi connectivity index (χ3n) is 2.55. The molecule has 0 saturated heterocycles. The average Bonchev–Trinajstić information content (AvgIpc) is 2.13. The van der Waals surface area contributed by atoms with E-state index in [1.807, 2.05) is 13.8 Å². The van der Waals surface area contributed by atoms with E-state index < -0.39 is 0 Å². The van der Waals surface area contributed by atoms with Gasteiger partial charge < -0.3 is 0 Å². The molecule has 0 radical (unpaired) electrons. The van der Waals surface area contributed by atoms with E-state index in [1.54, 1.807) is 0 Å². The number of hydrogen-bond donors (Lipinski definition) is 0. The predicted octanol–water partition coefficient (Wildman–Crippen LogP) is 4.42. The molecule has 0 aliphatic heterocycles. The van der Waals surface area contributed by atoms with Gasteiger partial charge in [0.25, 0.3) is 0 Å². The first kappa shape index (κ1) is 11.7. The molecule has 0 aromatic heterocycles. The second-order valence-electron chi connectivity index (χ2n) is 3.41. The Kier molecular flexibility index (Phi) is 7.23. The van der Waals surface area contributed by atoms with E-state index in [0.29, 0.717) is 0 Å². The van der Waals surface area contributed by atoms with Gasteiger partial charge in [-0.15, -0.1) is 0 Å². The monoisotopic (exact) mass is 168 g/mol. The second kappa shape index (κ2) is 7.39. The van der Waals surface area contributed by atoms with Crippen LogP contribution in [-0.2, 0) is 0 Å². The van der Waals surface area contributed by atoms with Gasteiger partial charge >= 0.3 is 0 Å². The zero-order valence-electron chi connectivity index (χ0n) is 9.14. The van der Waals surface area contributed by atoms with Crippen LogP contribution in [0.1, 0.15) is 53.4 Å². The molecule has 1 aliphatic rings. The summed E-state index contributed by atoms with van der Waals surface area (Å²) in [5, 5.41) is 0. The van der Waals surface area contributed by atoms with E-state index in [1.165, 1.54) is 25.7 Å². The summed E-state index contributed by atoms with van der Waals surface area (Å²) in [6.07, 6.45) is 10.2. The fourth-order valence-electron chi connectivity index (χ4n) is 1.82. The molecule has 0 spiro atoms. The highest BCUT2D eigenvalue weighted by molar-refractivity contribution is 4.94. The molecule has 1 rings (SSSR count). The zero-order valence-corrected chi connectivity index (χ0v) is 9.14. The van der Waals surface area contributed by atoms with Crippen molar-refractivity contribution in [2.24, 2.45) is 11.8 Å². The van der Waals surface area contributed by atoms with Gasteiger partial charge in [-0.3, -0.25) is 0 Å². The highest BCUT2D eigenvalue weighted by Crippen LogP contribution is 2.27. The van der Waals surface area contributed by atoms with Gasteiger partial charge in [-0.2, -0.15) is 0 Å². The Hall–Kier alpha value is -0.260. The third-order valence-corrected chi connectivity index (χ3v) is 2.55. The van der Waals surface area contributed by atoms with Crippen LogP contribution in [0.25, 0.3) is 0 Å². The SMILES string of the molecule is CC.CCCC1CCC=CC1C. The van der Waals surface area contributed by atoms with Crippen LogP contribution >= 0.6 is 0 Å². The Bertz CT molecular complexity index is 113. The van der Waals surface area contributed by atoms with Crippen molar-refractivity contribution in [3.05, 3.63) is 12.2 Å². The van der Waals surface area contributed by atoms with Crippen LogP contribution in [0.15, 0.2) is 12.2 Å². The first-order valence-electron chi connectivity index (χ1n) is 5.51. The Balaban J connectivity index is 0.000000561. The van der Waals surface area contributed by atoms with Crippen molar-refractivity contribution in [1.82, 2.24) is 0 Å². The molecular weight excluding hydrogens is 144 g/mol. The maximum Gasteiger partial charge on any atom is -0.0233 e. The summed E-state index contributed by atoms with van der Waals surface area (Å²) in [5.41, 5.74) is 0.